The van der Waals surface area contributed by atoms with Crippen LogP contribution >= 0.6 is 0 Å². The van der Waals surface area contributed by atoms with Gasteiger partial charge < -0.3 is 35.0 Å². The number of aliphatic carboxylic acids is 1. The van der Waals surface area contributed by atoms with E-state index in [2.05, 4.69) is 0 Å². The predicted octanol–water partition coefficient (Wildman–Crippen LogP) is 1.53. The van der Waals surface area contributed by atoms with Crippen LogP contribution in [0.1, 0.15) is 83.5 Å². The first-order valence-electron chi connectivity index (χ1n) is 11.5. The van der Waals surface area contributed by atoms with Gasteiger partial charge in [0.25, 0.3) is 0 Å². The molecule has 1 aliphatic rings. The number of unbranched alkanes of at least 4 members (excludes halogenated alkanes) is 8. The summed E-state index contributed by atoms with van der Waals surface area (Å²) in [6, 6.07) is 0. The monoisotopic (exact) mass is 448 g/mol. The third-order valence-corrected chi connectivity index (χ3v) is 5.58. The highest BCUT2D eigenvalue weighted by atomic mass is 16.7. The molecule has 1 saturated heterocycles. The molecule has 9 nitrogen and oxygen atoms in total. The zero-order valence-corrected chi connectivity index (χ0v) is 18.4. The lowest BCUT2D eigenvalue weighted by molar-refractivity contribution is -0.301. The van der Waals surface area contributed by atoms with Crippen molar-refractivity contribution in [2.75, 3.05) is 13.2 Å². The van der Waals surface area contributed by atoms with Crippen LogP contribution in [0.3, 0.4) is 0 Å². The van der Waals surface area contributed by atoms with Gasteiger partial charge in [0, 0.05) is 25.9 Å². The Morgan fingerprint density at radius 2 is 1.23 bits per heavy atom. The average Bonchev–Trinajstić information content (AvgIpc) is 2.74. The van der Waals surface area contributed by atoms with Gasteiger partial charge in [0.15, 0.2) is 6.29 Å². The number of aliphatic hydroxyl groups excluding tert-OH is 4. The highest BCUT2D eigenvalue weighted by Gasteiger charge is 2.43. The number of ketones is 1. The van der Waals surface area contributed by atoms with Gasteiger partial charge in [-0.3, -0.25) is 9.59 Å². The van der Waals surface area contributed by atoms with Crippen molar-refractivity contribution in [1.82, 2.24) is 0 Å². The summed E-state index contributed by atoms with van der Waals surface area (Å²) in [4.78, 5) is 22.2. The quantitative estimate of drug-likeness (QED) is 0.196. The van der Waals surface area contributed by atoms with Gasteiger partial charge in [-0.1, -0.05) is 38.5 Å². The molecule has 0 bridgehead atoms. The number of carboxylic acid groups (broad SMARTS) is 1. The minimum Gasteiger partial charge on any atom is -0.481 e. The summed E-state index contributed by atoms with van der Waals surface area (Å²) in [5, 5.41) is 47.0. The molecular weight excluding hydrogens is 408 g/mol. The van der Waals surface area contributed by atoms with Crippen molar-refractivity contribution in [2.24, 2.45) is 0 Å². The molecule has 1 aliphatic heterocycles. The lowest BCUT2D eigenvalue weighted by Gasteiger charge is -2.39. The molecule has 0 aromatic rings. The second-order valence-corrected chi connectivity index (χ2v) is 8.29. The highest BCUT2D eigenvalue weighted by Crippen LogP contribution is 2.22. The van der Waals surface area contributed by atoms with E-state index >= 15 is 0 Å². The molecule has 0 unspecified atom stereocenters. The number of hydrogen-bond acceptors (Lipinski definition) is 8. The summed E-state index contributed by atoms with van der Waals surface area (Å²) in [7, 11) is 0. The van der Waals surface area contributed by atoms with Gasteiger partial charge in [-0.15, -0.1) is 0 Å². The van der Waals surface area contributed by atoms with E-state index in [1.807, 2.05) is 0 Å². The predicted molar refractivity (Wildman–Crippen MR) is 112 cm³/mol. The maximum absolute atomic E-state index is 11.8. The number of aliphatic hydroxyl groups is 4. The van der Waals surface area contributed by atoms with Gasteiger partial charge in [-0.05, 0) is 25.7 Å². The fourth-order valence-corrected chi connectivity index (χ4v) is 3.61. The van der Waals surface area contributed by atoms with Crippen molar-refractivity contribution in [2.45, 2.75) is 114 Å². The van der Waals surface area contributed by atoms with Gasteiger partial charge in [0.05, 0.1) is 6.61 Å². The summed E-state index contributed by atoms with van der Waals surface area (Å²) in [5.41, 5.74) is 0. The van der Waals surface area contributed by atoms with E-state index in [9.17, 15) is 24.9 Å². The van der Waals surface area contributed by atoms with Crippen LogP contribution in [0.5, 0.6) is 0 Å². The number of carbonyl (C=O) groups is 2. The molecule has 9 heteroatoms. The van der Waals surface area contributed by atoms with E-state index in [1.165, 1.54) is 0 Å². The lowest BCUT2D eigenvalue weighted by Crippen LogP contribution is -2.59. The summed E-state index contributed by atoms with van der Waals surface area (Å²) in [6.07, 6.45) is 4.11. The molecule has 0 saturated carbocycles. The first-order chi connectivity index (χ1) is 14.9. The average molecular weight is 449 g/mol. The SMILES string of the molecule is O=C(O)CCCCCCC(=O)CCCCCCCCO[C@@H]1O[C@H](CO)[C@@H](O)[C@H](O)[C@@H]1O. The molecule has 0 aromatic heterocycles. The number of ether oxygens (including phenoxy) is 2. The van der Waals surface area contributed by atoms with Crippen LogP contribution in [0.15, 0.2) is 0 Å². The first-order valence-corrected chi connectivity index (χ1v) is 11.5. The van der Waals surface area contributed by atoms with Crippen LogP contribution in [0.2, 0.25) is 0 Å². The Hall–Kier alpha value is -1.10. The molecule has 5 atom stereocenters. The molecule has 5 N–H and O–H groups in total. The third-order valence-electron chi connectivity index (χ3n) is 5.58. The molecule has 0 radical (unpaired) electrons. The van der Waals surface area contributed by atoms with E-state index in [1.54, 1.807) is 0 Å². The molecule has 31 heavy (non-hydrogen) atoms. The minimum atomic E-state index is -1.42. The van der Waals surface area contributed by atoms with Crippen LogP contribution in [0, 0.1) is 0 Å². The molecule has 0 spiro atoms. The Kier molecular flexibility index (Phi) is 14.9. The summed E-state index contributed by atoms with van der Waals surface area (Å²) < 4.78 is 10.7. The lowest BCUT2D eigenvalue weighted by atomic mass is 9.99. The zero-order chi connectivity index (χ0) is 23.1. The molecule has 1 rings (SSSR count). The van der Waals surface area contributed by atoms with Crippen LogP contribution in [-0.4, -0.2) is 81.2 Å². The second kappa shape index (κ2) is 16.5. The molecule has 0 aromatic carbocycles. The molecule has 0 amide bonds. The Balaban J connectivity index is 1.94. The zero-order valence-electron chi connectivity index (χ0n) is 18.4. The topological polar surface area (TPSA) is 154 Å². The minimum absolute atomic E-state index is 0.202. The Morgan fingerprint density at radius 1 is 0.710 bits per heavy atom. The van der Waals surface area contributed by atoms with Crippen LogP contribution in [-0.2, 0) is 19.1 Å². The van der Waals surface area contributed by atoms with E-state index < -0.39 is 43.3 Å². The highest BCUT2D eigenvalue weighted by molar-refractivity contribution is 5.78. The van der Waals surface area contributed by atoms with E-state index in [-0.39, 0.29) is 12.2 Å². The fourth-order valence-electron chi connectivity index (χ4n) is 3.61. The largest absolute Gasteiger partial charge is 0.481 e. The summed E-state index contributed by atoms with van der Waals surface area (Å²) in [5.74, 6) is -0.483. The Morgan fingerprint density at radius 3 is 1.77 bits per heavy atom. The van der Waals surface area contributed by atoms with Crippen LogP contribution in [0.4, 0.5) is 0 Å². The maximum atomic E-state index is 11.8. The molecular formula is C22H40O9. The fraction of sp³-hybridized carbons (Fsp3) is 0.909. The Labute approximate surface area is 184 Å². The van der Waals surface area contributed by atoms with Crippen LogP contribution in [0.25, 0.3) is 0 Å². The normalized spacial score (nSPS) is 26.1. The first kappa shape index (κ1) is 27.9. The number of carbonyl (C=O) groups excluding carboxylic acids is 1. The number of hydrogen-bond donors (Lipinski definition) is 5. The summed E-state index contributed by atoms with van der Waals surface area (Å²) >= 11 is 0. The standard InChI is InChI=1S/C22H40O9/c23-15-17-19(27)20(28)21(29)22(31-17)30-14-10-6-2-1-3-7-11-16(24)12-8-4-5-9-13-18(25)26/h17,19-23,27-29H,1-15H2,(H,25,26)/t17-,19-,20+,21+,22-/m1/s1. The van der Waals surface area contributed by atoms with E-state index in [4.69, 9.17) is 19.7 Å². The van der Waals surface area contributed by atoms with Gasteiger partial charge in [-0.2, -0.15) is 0 Å². The summed E-state index contributed by atoms with van der Waals surface area (Å²) in [6.45, 7) is -0.131. The van der Waals surface area contributed by atoms with Gasteiger partial charge in [0.1, 0.15) is 30.2 Å². The van der Waals surface area contributed by atoms with Gasteiger partial charge in [0.2, 0.25) is 0 Å². The van der Waals surface area contributed by atoms with Crippen molar-refractivity contribution < 1.29 is 44.6 Å². The molecule has 1 heterocycles. The number of rotatable bonds is 18. The number of carboxylic acids is 1. The number of Topliss-reactive ketones (excluding diaryl/α,β-unsaturated/α-hetero) is 1. The van der Waals surface area contributed by atoms with Crippen molar-refractivity contribution >= 4 is 11.8 Å². The van der Waals surface area contributed by atoms with E-state index in [0.717, 1.165) is 57.8 Å². The Bertz CT molecular complexity index is 497. The van der Waals surface area contributed by atoms with Crippen molar-refractivity contribution in [3.63, 3.8) is 0 Å². The van der Waals surface area contributed by atoms with Crippen LogP contribution < -0.4 is 0 Å². The molecule has 1 fully saturated rings. The van der Waals surface area contributed by atoms with E-state index in [0.29, 0.717) is 25.9 Å². The smallest absolute Gasteiger partial charge is 0.303 e. The van der Waals surface area contributed by atoms with Crippen molar-refractivity contribution in [3.8, 4) is 0 Å². The second-order valence-electron chi connectivity index (χ2n) is 8.29. The van der Waals surface area contributed by atoms with Gasteiger partial charge in [-0.25, -0.2) is 0 Å². The molecule has 0 aliphatic carbocycles. The van der Waals surface area contributed by atoms with Crippen molar-refractivity contribution in [1.29, 1.82) is 0 Å². The maximum Gasteiger partial charge on any atom is 0.303 e. The third kappa shape index (κ3) is 11.9. The molecule has 182 valence electrons. The van der Waals surface area contributed by atoms with Gasteiger partial charge >= 0.3 is 5.97 Å². The van der Waals surface area contributed by atoms with Crippen molar-refractivity contribution in [3.05, 3.63) is 0 Å².